The summed E-state index contributed by atoms with van der Waals surface area (Å²) in [4.78, 5) is 13.5. The molecule has 17 heavy (non-hydrogen) atoms. The lowest BCUT2D eigenvalue weighted by molar-refractivity contribution is -0.141. The summed E-state index contributed by atoms with van der Waals surface area (Å²) in [7, 11) is 0. The van der Waals surface area contributed by atoms with Crippen LogP contribution in [0.3, 0.4) is 0 Å². The lowest BCUT2D eigenvalue weighted by Gasteiger charge is -2.29. The Morgan fingerprint density at radius 2 is 2.12 bits per heavy atom. The van der Waals surface area contributed by atoms with Gasteiger partial charge in [0.05, 0.1) is 0 Å². The molecule has 2 rings (SSSR count). The van der Waals surface area contributed by atoms with Crippen LogP contribution in [0.25, 0.3) is 0 Å². The van der Waals surface area contributed by atoms with Gasteiger partial charge in [-0.05, 0) is 17.7 Å². The van der Waals surface area contributed by atoms with Crippen molar-refractivity contribution in [1.82, 2.24) is 10.2 Å². The topological polar surface area (TPSA) is 52.6 Å². The van der Waals surface area contributed by atoms with E-state index >= 15 is 0 Å². The van der Waals surface area contributed by atoms with E-state index < -0.39 is 11.9 Å². The molecule has 2 N–H and O–H groups in total. The molecule has 1 saturated heterocycles. The molecule has 4 nitrogen and oxygen atoms in total. The Bertz CT molecular complexity index is 405. The third-order valence-corrected chi connectivity index (χ3v) is 2.83. The van der Waals surface area contributed by atoms with Gasteiger partial charge in [-0.3, -0.25) is 4.79 Å². The zero-order valence-corrected chi connectivity index (χ0v) is 9.40. The summed E-state index contributed by atoms with van der Waals surface area (Å²) in [6.07, 6.45) is -1.27. The number of halogens is 1. The van der Waals surface area contributed by atoms with Gasteiger partial charge in [0.2, 0.25) is 0 Å². The van der Waals surface area contributed by atoms with E-state index in [2.05, 4.69) is 5.32 Å². The lowest BCUT2D eigenvalue weighted by Crippen LogP contribution is -2.48. The minimum absolute atomic E-state index is 0.300. The van der Waals surface area contributed by atoms with Gasteiger partial charge >= 0.3 is 0 Å². The summed E-state index contributed by atoms with van der Waals surface area (Å²) in [6.45, 7) is 2.60. The number of nitrogens with zero attached hydrogens (tertiary/aromatic N) is 1. The van der Waals surface area contributed by atoms with E-state index in [1.807, 2.05) is 0 Å². The van der Waals surface area contributed by atoms with E-state index in [4.69, 9.17) is 0 Å². The number of amides is 1. The van der Waals surface area contributed by atoms with Crippen LogP contribution >= 0.6 is 0 Å². The van der Waals surface area contributed by atoms with Gasteiger partial charge in [0, 0.05) is 26.2 Å². The first-order chi connectivity index (χ1) is 8.18. The Kier molecular flexibility index (Phi) is 3.71. The maximum atomic E-state index is 13.0. The van der Waals surface area contributed by atoms with Gasteiger partial charge in [0.1, 0.15) is 5.82 Å². The average molecular weight is 238 g/mol. The highest BCUT2D eigenvalue weighted by molar-refractivity contribution is 5.82. The average Bonchev–Trinajstić information content (AvgIpc) is 2.38. The molecule has 1 fully saturated rings. The van der Waals surface area contributed by atoms with Crippen LogP contribution < -0.4 is 5.32 Å². The number of piperazine rings is 1. The van der Waals surface area contributed by atoms with Crippen LogP contribution in [0.15, 0.2) is 24.3 Å². The first-order valence-electron chi connectivity index (χ1n) is 5.61. The number of aliphatic hydroxyl groups is 1. The van der Waals surface area contributed by atoms with E-state index in [1.165, 1.54) is 18.2 Å². The predicted molar refractivity (Wildman–Crippen MR) is 60.8 cm³/mol. The number of hydrogen-bond donors (Lipinski definition) is 2. The van der Waals surface area contributed by atoms with Crippen LogP contribution in [0, 0.1) is 5.82 Å². The SMILES string of the molecule is O=C(C(O)c1cccc(F)c1)N1CCNCC1. The molecular formula is C12H15FN2O2. The molecule has 92 valence electrons. The number of rotatable bonds is 2. The van der Waals surface area contributed by atoms with Crippen molar-refractivity contribution in [3.8, 4) is 0 Å². The summed E-state index contributed by atoms with van der Waals surface area (Å²) in [5.41, 5.74) is 0.300. The van der Waals surface area contributed by atoms with Crippen LogP contribution in [-0.4, -0.2) is 42.1 Å². The van der Waals surface area contributed by atoms with Crippen LogP contribution in [0.4, 0.5) is 4.39 Å². The standard InChI is InChI=1S/C12H15FN2O2/c13-10-3-1-2-9(8-10)11(16)12(17)15-6-4-14-5-7-15/h1-3,8,11,14,16H,4-7H2. The maximum absolute atomic E-state index is 13.0. The number of carbonyl (C=O) groups excluding carboxylic acids is 1. The molecule has 1 aromatic rings. The minimum Gasteiger partial charge on any atom is -0.378 e. The molecule has 0 aliphatic carbocycles. The Morgan fingerprint density at radius 3 is 2.76 bits per heavy atom. The number of aliphatic hydroxyl groups excluding tert-OH is 1. The highest BCUT2D eigenvalue weighted by Gasteiger charge is 2.24. The summed E-state index contributed by atoms with van der Waals surface area (Å²) in [5, 5.41) is 13.0. The van der Waals surface area contributed by atoms with Crippen molar-refractivity contribution in [1.29, 1.82) is 0 Å². The minimum atomic E-state index is -1.27. The largest absolute Gasteiger partial charge is 0.378 e. The quantitative estimate of drug-likeness (QED) is 0.778. The molecule has 0 aromatic heterocycles. The molecule has 0 saturated carbocycles. The fourth-order valence-electron chi connectivity index (χ4n) is 1.88. The first-order valence-corrected chi connectivity index (χ1v) is 5.61. The highest BCUT2D eigenvalue weighted by Crippen LogP contribution is 2.16. The van der Waals surface area contributed by atoms with Crippen molar-refractivity contribution < 1.29 is 14.3 Å². The lowest BCUT2D eigenvalue weighted by atomic mass is 10.1. The van der Waals surface area contributed by atoms with Gasteiger partial charge in [-0.25, -0.2) is 4.39 Å². The van der Waals surface area contributed by atoms with Crippen LogP contribution in [-0.2, 0) is 4.79 Å². The van der Waals surface area contributed by atoms with Gasteiger partial charge in [-0.15, -0.1) is 0 Å². The molecule has 1 amide bonds. The van der Waals surface area contributed by atoms with Crippen molar-refractivity contribution in [3.63, 3.8) is 0 Å². The highest BCUT2D eigenvalue weighted by atomic mass is 19.1. The number of nitrogens with one attached hydrogen (secondary N) is 1. The second-order valence-corrected chi connectivity index (χ2v) is 4.03. The number of hydrogen-bond acceptors (Lipinski definition) is 3. The van der Waals surface area contributed by atoms with E-state index in [1.54, 1.807) is 11.0 Å². The monoisotopic (exact) mass is 238 g/mol. The van der Waals surface area contributed by atoms with Gasteiger partial charge in [0.25, 0.3) is 5.91 Å². The molecule has 0 bridgehead atoms. The molecule has 1 unspecified atom stereocenters. The Balaban J connectivity index is 2.08. The second-order valence-electron chi connectivity index (χ2n) is 4.03. The zero-order chi connectivity index (χ0) is 12.3. The molecule has 1 aliphatic heterocycles. The second kappa shape index (κ2) is 5.25. The Labute approximate surface area is 99.0 Å². The summed E-state index contributed by atoms with van der Waals surface area (Å²) in [6, 6.07) is 5.50. The molecule has 1 aliphatic rings. The molecule has 1 heterocycles. The third-order valence-electron chi connectivity index (χ3n) is 2.83. The van der Waals surface area contributed by atoms with Crippen LogP contribution in [0.1, 0.15) is 11.7 Å². The van der Waals surface area contributed by atoms with E-state index in [0.717, 1.165) is 13.1 Å². The summed E-state index contributed by atoms with van der Waals surface area (Å²) < 4.78 is 13.0. The maximum Gasteiger partial charge on any atom is 0.256 e. The fourth-order valence-corrected chi connectivity index (χ4v) is 1.88. The van der Waals surface area contributed by atoms with Crippen molar-refractivity contribution in [3.05, 3.63) is 35.6 Å². The summed E-state index contributed by atoms with van der Waals surface area (Å²) in [5.74, 6) is -0.813. The van der Waals surface area contributed by atoms with Crippen LogP contribution in [0.2, 0.25) is 0 Å². The Hall–Kier alpha value is -1.46. The van der Waals surface area contributed by atoms with Gasteiger partial charge in [-0.1, -0.05) is 12.1 Å². The normalized spacial score (nSPS) is 17.9. The molecule has 1 aromatic carbocycles. The van der Waals surface area contributed by atoms with Gasteiger partial charge in [-0.2, -0.15) is 0 Å². The van der Waals surface area contributed by atoms with Gasteiger partial charge in [0.15, 0.2) is 6.10 Å². The third kappa shape index (κ3) is 2.81. The number of carbonyl (C=O) groups is 1. The van der Waals surface area contributed by atoms with Crippen LogP contribution in [0.5, 0.6) is 0 Å². The molecule has 1 atom stereocenters. The van der Waals surface area contributed by atoms with Crippen molar-refractivity contribution >= 4 is 5.91 Å². The van der Waals surface area contributed by atoms with Crippen molar-refractivity contribution in [2.24, 2.45) is 0 Å². The zero-order valence-electron chi connectivity index (χ0n) is 9.40. The van der Waals surface area contributed by atoms with E-state index in [9.17, 15) is 14.3 Å². The Morgan fingerprint density at radius 1 is 1.41 bits per heavy atom. The summed E-state index contributed by atoms with van der Waals surface area (Å²) >= 11 is 0. The van der Waals surface area contributed by atoms with Gasteiger partial charge < -0.3 is 15.3 Å². The first kappa shape index (κ1) is 12.0. The molecule has 5 heteroatoms. The number of benzene rings is 1. The molecular weight excluding hydrogens is 223 g/mol. The molecule has 0 radical (unpaired) electrons. The van der Waals surface area contributed by atoms with Crippen molar-refractivity contribution in [2.75, 3.05) is 26.2 Å². The smallest absolute Gasteiger partial charge is 0.256 e. The fraction of sp³-hybridized carbons (Fsp3) is 0.417. The predicted octanol–water partition coefficient (Wildman–Crippen LogP) is 0.291. The van der Waals surface area contributed by atoms with Crippen molar-refractivity contribution in [2.45, 2.75) is 6.10 Å². The van der Waals surface area contributed by atoms with E-state index in [0.29, 0.717) is 18.7 Å². The molecule has 0 spiro atoms. The van der Waals surface area contributed by atoms with E-state index in [-0.39, 0.29) is 5.91 Å².